The Morgan fingerprint density at radius 1 is 1.08 bits per heavy atom. The minimum Gasteiger partial charge on any atom is -0.369 e. The summed E-state index contributed by atoms with van der Waals surface area (Å²) in [5.41, 5.74) is 3.29. The topological polar surface area (TPSA) is 103 Å². The van der Waals surface area contributed by atoms with Crippen molar-refractivity contribution in [2.24, 2.45) is 5.92 Å². The van der Waals surface area contributed by atoms with Gasteiger partial charge in [0.15, 0.2) is 5.82 Å². The molecule has 1 spiro atoms. The minimum absolute atomic E-state index is 0.0253. The third-order valence-electron chi connectivity index (χ3n) is 11.1. The fourth-order valence-corrected chi connectivity index (χ4v) is 9.12. The molecule has 0 aliphatic carbocycles. The van der Waals surface area contributed by atoms with Crippen molar-refractivity contribution in [3.05, 3.63) is 40.7 Å². The first-order valence-electron chi connectivity index (χ1n) is 17.1. The monoisotopic (exact) mass is 696 g/mol. The Balaban J connectivity index is 1.18. The molecule has 13 heteroatoms. The summed E-state index contributed by atoms with van der Waals surface area (Å²) in [6.07, 6.45) is 6.87. The van der Waals surface area contributed by atoms with E-state index in [1.165, 1.54) is 6.08 Å². The van der Waals surface area contributed by atoms with Gasteiger partial charge < -0.3 is 19.4 Å². The first-order chi connectivity index (χ1) is 22.9. The van der Waals surface area contributed by atoms with Gasteiger partial charge in [-0.05, 0) is 64.5 Å². The number of nitrogens with one attached hydrogen (secondary N) is 1. The summed E-state index contributed by atoms with van der Waals surface area (Å²) in [4.78, 5) is 32.9. The number of aromatic nitrogens is 4. The number of ether oxygens (including phenoxy) is 1. The molecule has 1 atom stereocenters. The highest BCUT2D eigenvalue weighted by Crippen LogP contribution is 2.48. The van der Waals surface area contributed by atoms with Gasteiger partial charge in [0.2, 0.25) is 11.8 Å². The van der Waals surface area contributed by atoms with Crippen LogP contribution in [0.3, 0.4) is 0 Å². The van der Waals surface area contributed by atoms with Crippen LogP contribution in [0.2, 0.25) is 10.0 Å². The van der Waals surface area contributed by atoms with Gasteiger partial charge in [0.05, 0.1) is 47.5 Å². The van der Waals surface area contributed by atoms with Gasteiger partial charge >= 0.3 is 0 Å². The highest BCUT2D eigenvalue weighted by Gasteiger charge is 2.49. The number of anilines is 1. The molecule has 4 fully saturated rings. The van der Waals surface area contributed by atoms with Crippen LogP contribution in [0.4, 0.5) is 5.82 Å². The molecular weight excluding hydrogens is 651 g/mol. The number of hydrogen-bond acceptors (Lipinski definition) is 7. The lowest BCUT2D eigenvalue weighted by Gasteiger charge is -2.54. The second-order valence-electron chi connectivity index (χ2n) is 14.8. The Bertz CT molecular complexity index is 1740. The third kappa shape index (κ3) is 5.90. The van der Waals surface area contributed by atoms with E-state index in [2.05, 4.69) is 52.0 Å². The predicted octanol–water partition coefficient (Wildman–Crippen LogP) is 5.32. The second-order valence-corrected chi connectivity index (χ2v) is 15.6. The fraction of sp³-hybridized carbons (Fsp3) is 0.600. The highest BCUT2D eigenvalue weighted by molar-refractivity contribution is 6.45. The van der Waals surface area contributed by atoms with Crippen molar-refractivity contribution < 1.29 is 14.3 Å². The molecule has 6 heterocycles. The molecule has 1 aromatic carbocycles. The maximum atomic E-state index is 12.3. The molecular formula is C35H46Cl2N8O3. The summed E-state index contributed by atoms with van der Waals surface area (Å²) in [6, 6.07) is 1.97. The number of benzene rings is 1. The van der Waals surface area contributed by atoms with Gasteiger partial charge in [-0.15, -0.1) is 0 Å². The Hall–Kier alpha value is -3.12. The molecule has 0 saturated carbocycles. The van der Waals surface area contributed by atoms with Gasteiger partial charge in [0.25, 0.3) is 0 Å². The van der Waals surface area contributed by atoms with E-state index in [1.807, 2.05) is 22.1 Å². The van der Waals surface area contributed by atoms with Crippen molar-refractivity contribution in [3.8, 4) is 11.1 Å². The van der Waals surface area contributed by atoms with Gasteiger partial charge in [-0.2, -0.15) is 10.2 Å². The highest BCUT2D eigenvalue weighted by atomic mass is 35.5. The van der Waals surface area contributed by atoms with Crippen molar-refractivity contribution in [2.45, 2.75) is 70.6 Å². The van der Waals surface area contributed by atoms with Crippen molar-refractivity contribution in [3.63, 3.8) is 0 Å². The summed E-state index contributed by atoms with van der Waals surface area (Å²) in [6.45, 7) is 19.1. The van der Waals surface area contributed by atoms with Crippen LogP contribution >= 0.6 is 23.2 Å². The molecule has 7 rings (SSSR count). The lowest BCUT2D eigenvalue weighted by molar-refractivity contribution is -0.191. The van der Waals surface area contributed by atoms with Crippen molar-refractivity contribution in [1.29, 1.82) is 0 Å². The number of aromatic amines is 1. The van der Waals surface area contributed by atoms with Crippen molar-refractivity contribution in [2.75, 3.05) is 63.9 Å². The predicted molar refractivity (Wildman–Crippen MR) is 189 cm³/mol. The van der Waals surface area contributed by atoms with Gasteiger partial charge in [0.1, 0.15) is 5.60 Å². The van der Waals surface area contributed by atoms with Crippen LogP contribution in [-0.2, 0) is 14.3 Å². The van der Waals surface area contributed by atoms with E-state index in [1.54, 1.807) is 6.92 Å². The van der Waals surface area contributed by atoms with E-state index >= 15 is 0 Å². The zero-order chi connectivity index (χ0) is 34.0. The standard InChI is InChI=1S/C35H46Cl2N8O3/c1-6-29(47)42-10-8-25(9-11-42)45-22(2)30(31-26-17-38-39-28(26)15-27(36)32(31)37)33(40-45)44-12-7-24(16-34(44,4)5)18-41-13-14-48-35(19-41)20-43(21-35)23(3)46/h6,15,17,24-25H,1,7-14,16,18-21H2,2-5H3,(H,38,39)/t24-/m1/s1. The van der Waals surface area contributed by atoms with Crippen LogP contribution in [0.25, 0.3) is 22.0 Å². The van der Waals surface area contributed by atoms with E-state index in [0.29, 0.717) is 48.7 Å². The summed E-state index contributed by atoms with van der Waals surface area (Å²) < 4.78 is 8.37. The maximum Gasteiger partial charge on any atom is 0.245 e. The van der Waals surface area contributed by atoms with Gasteiger partial charge in [-0.25, -0.2) is 0 Å². The first-order valence-corrected chi connectivity index (χ1v) is 17.9. The zero-order valence-corrected chi connectivity index (χ0v) is 29.9. The van der Waals surface area contributed by atoms with Crippen molar-refractivity contribution >= 4 is 51.7 Å². The first kappa shape index (κ1) is 33.4. The summed E-state index contributed by atoms with van der Waals surface area (Å²) in [5, 5.41) is 14.7. The number of hydrogen-bond donors (Lipinski definition) is 1. The van der Waals surface area contributed by atoms with E-state index in [-0.39, 0.29) is 29.0 Å². The Kier molecular flexibility index (Phi) is 8.79. The summed E-state index contributed by atoms with van der Waals surface area (Å²) in [5.74, 6) is 1.52. The molecule has 4 aliphatic heterocycles. The number of likely N-dealkylation sites (tertiary alicyclic amines) is 2. The second kappa shape index (κ2) is 12.6. The average Bonchev–Trinajstić information content (AvgIpc) is 3.63. The van der Waals surface area contributed by atoms with Crippen LogP contribution in [0.1, 0.15) is 58.2 Å². The molecule has 0 bridgehead atoms. The average molecular weight is 698 g/mol. The number of halogens is 2. The number of morpholine rings is 1. The molecule has 3 aromatic rings. The van der Waals surface area contributed by atoms with Gasteiger partial charge in [-0.3, -0.25) is 24.3 Å². The number of fused-ring (bicyclic) bond motifs is 1. The number of rotatable bonds is 6. The molecule has 48 heavy (non-hydrogen) atoms. The Morgan fingerprint density at radius 3 is 2.52 bits per heavy atom. The van der Waals surface area contributed by atoms with Crippen LogP contribution in [0.5, 0.6) is 0 Å². The normalized spacial score (nSPS) is 23.1. The number of piperidine rings is 2. The SMILES string of the molecule is C=CC(=O)N1CCC(n2nc(N3CC[C@@H](CN4CCOC5(C4)CN(C(C)=O)C5)CC3(C)C)c(-c3c(Cl)c(Cl)cc4[nH]ncc34)c2C)CC1. The fourth-order valence-electron chi connectivity index (χ4n) is 8.67. The van der Waals surface area contributed by atoms with Crippen molar-refractivity contribution in [1.82, 2.24) is 34.7 Å². The summed E-state index contributed by atoms with van der Waals surface area (Å²) in [7, 11) is 0. The largest absolute Gasteiger partial charge is 0.369 e. The molecule has 4 saturated heterocycles. The Morgan fingerprint density at radius 2 is 1.83 bits per heavy atom. The number of amides is 2. The van der Waals surface area contributed by atoms with E-state index < -0.39 is 0 Å². The number of carbonyl (C=O) groups is 2. The van der Waals surface area contributed by atoms with Crippen LogP contribution in [-0.4, -0.2) is 117 Å². The molecule has 258 valence electrons. The molecule has 2 aromatic heterocycles. The zero-order valence-electron chi connectivity index (χ0n) is 28.4. The number of H-pyrrole nitrogens is 1. The van der Waals surface area contributed by atoms with Gasteiger partial charge in [0, 0.05) is 73.9 Å². The van der Waals surface area contributed by atoms with E-state index in [4.69, 9.17) is 33.0 Å². The number of carbonyl (C=O) groups excluding carboxylic acids is 2. The molecule has 2 amide bonds. The third-order valence-corrected chi connectivity index (χ3v) is 11.9. The summed E-state index contributed by atoms with van der Waals surface area (Å²) >= 11 is 13.8. The molecule has 0 radical (unpaired) electrons. The van der Waals surface area contributed by atoms with E-state index in [0.717, 1.165) is 85.4 Å². The number of nitrogens with zero attached hydrogens (tertiary/aromatic N) is 7. The molecule has 1 N–H and O–H groups in total. The van der Waals surface area contributed by atoms with Crippen LogP contribution in [0.15, 0.2) is 24.9 Å². The molecule has 4 aliphatic rings. The molecule has 0 unspecified atom stereocenters. The quantitative estimate of drug-likeness (QED) is 0.348. The van der Waals surface area contributed by atoms with Gasteiger partial charge in [-0.1, -0.05) is 29.8 Å². The van der Waals surface area contributed by atoms with Crippen LogP contribution in [0, 0.1) is 12.8 Å². The minimum atomic E-state index is -0.219. The Labute approximate surface area is 292 Å². The molecule has 11 nitrogen and oxygen atoms in total. The smallest absolute Gasteiger partial charge is 0.245 e. The maximum absolute atomic E-state index is 12.3. The lowest BCUT2D eigenvalue weighted by atomic mass is 9.81. The lowest BCUT2D eigenvalue weighted by Crippen LogP contribution is -2.71. The van der Waals surface area contributed by atoms with Crippen LogP contribution < -0.4 is 4.90 Å². The van der Waals surface area contributed by atoms with E-state index in [9.17, 15) is 9.59 Å².